The number of nitrogens with two attached hydrogens (primary N) is 1. The van der Waals surface area contributed by atoms with Gasteiger partial charge in [0.2, 0.25) is 5.91 Å². The lowest BCUT2D eigenvalue weighted by molar-refractivity contribution is -0.122. The first-order chi connectivity index (χ1) is 11.5. The van der Waals surface area contributed by atoms with E-state index in [1.807, 2.05) is 36.6 Å². The molecule has 128 valence electrons. The number of primary amides is 1. The second-order valence-electron chi connectivity index (χ2n) is 5.67. The summed E-state index contributed by atoms with van der Waals surface area (Å²) in [5.74, 6) is -0.130. The van der Waals surface area contributed by atoms with Crippen molar-refractivity contribution in [3.63, 3.8) is 0 Å². The maximum atomic E-state index is 12.3. The molecule has 1 aromatic carbocycles. The molecule has 0 aliphatic carbocycles. The second kappa shape index (κ2) is 8.49. The number of aryl methyl sites for hydroxylation is 1. The molecule has 1 heterocycles. The standard InChI is InChI=1S/C18H23N3O2S/c1-3-13-6-8-14(9-7-13)12(2)20-17(22)11-15(21-18(19)23)16-5-4-10-24-16/h4-10,12,15H,3,11H2,1-2H3,(H,20,22)(H3,19,21,23)/t12-,15-/m0/s1. The topological polar surface area (TPSA) is 84.2 Å². The Morgan fingerprint density at radius 2 is 1.88 bits per heavy atom. The van der Waals surface area contributed by atoms with Gasteiger partial charge in [0.15, 0.2) is 0 Å². The Labute approximate surface area is 146 Å². The number of amides is 3. The Morgan fingerprint density at radius 3 is 2.42 bits per heavy atom. The van der Waals surface area contributed by atoms with E-state index in [0.717, 1.165) is 16.9 Å². The number of urea groups is 1. The van der Waals surface area contributed by atoms with Crippen LogP contribution in [0.2, 0.25) is 0 Å². The van der Waals surface area contributed by atoms with Crippen LogP contribution in [0.5, 0.6) is 0 Å². The van der Waals surface area contributed by atoms with Crippen molar-refractivity contribution in [3.05, 3.63) is 57.8 Å². The fourth-order valence-corrected chi connectivity index (χ4v) is 3.27. The molecule has 0 saturated carbocycles. The predicted molar refractivity (Wildman–Crippen MR) is 96.8 cm³/mol. The van der Waals surface area contributed by atoms with E-state index in [1.54, 1.807) is 0 Å². The van der Waals surface area contributed by atoms with Crippen LogP contribution in [-0.4, -0.2) is 11.9 Å². The zero-order chi connectivity index (χ0) is 17.5. The molecular formula is C18H23N3O2S. The van der Waals surface area contributed by atoms with Crippen molar-refractivity contribution in [2.24, 2.45) is 5.73 Å². The van der Waals surface area contributed by atoms with Gasteiger partial charge in [0.05, 0.1) is 18.5 Å². The number of carbonyl (C=O) groups excluding carboxylic acids is 2. The van der Waals surface area contributed by atoms with E-state index in [2.05, 4.69) is 29.7 Å². The molecule has 0 aliphatic heterocycles. The highest BCUT2D eigenvalue weighted by Gasteiger charge is 2.19. The zero-order valence-corrected chi connectivity index (χ0v) is 14.7. The first-order valence-electron chi connectivity index (χ1n) is 7.97. The minimum absolute atomic E-state index is 0.0963. The van der Waals surface area contributed by atoms with Gasteiger partial charge in [0.25, 0.3) is 0 Å². The zero-order valence-electron chi connectivity index (χ0n) is 13.9. The van der Waals surface area contributed by atoms with Crippen molar-refractivity contribution in [1.29, 1.82) is 0 Å². The van der Waals surface area contributed by atoms with Gasteiger partial charge in [0.1, 0.15) is 0 Å². The van der Waals surface area contributed by atoms with E-state index in [9.17, 15) is 9.59 Å². The third-order valence-electron chi connectivity index (χ3n) is 3.86. The average molecular weight is 345 g/mol. The summed E-state index contributed by atoms with van der Waals surface area (Å²) in [6.45, 7) is 4.05. The van der Waals surface area contributed by atoms with Crippen LogP contribution in [0.15, 0.2) is 41.8 Å². The molecule has 0 bridgehead atoms. The third-order valence-corrected chi connectivity index (χ3v) is 4.84. The van der Waals surface area contributed by atoms with E-state index >= 15 is 0 Å². The molecule has 0 saturated heterocycles. The lowest BCUT2D eigenvalue weighted by Gasteiger charge is -2.19. The summed E-state index contributed by atoms with van der Waals surface area (Å²) >= 11 is 1.48. The van der Waals surface area contributed by atoms with Gasteiger partial charge in [-0.15, -0.1) is 11.3 Å². The van der Waals surface area contributed by atoms with Crippen molar-refractivity contribution >= 4 is 23.3 Å². The third kappa shape index (κ3) is 5.09. The van der Waals surface area contributed by atoms with Crippen LogP contribution in [0.4, 0.5) is 4.79 Å². The molecule has 1 aromatic heterocycles. The highest BCUT2D eigenvalue weighted by Crippen LogP contribution is 2.22. The summed E-state index contributed by atoms with van der Waals surface area (Å²) in [6.07, 6.45) is 1.14. The van der Waals surface area contributed by atoms with Gasteiger partial charge in [-0.2, -0.15) is 0 Å². The molecule has 2 aromatic rings. The molecule has 0 aliphatic rings. The van der Waals surface area contributed by atoms with Crippen molar-refractivity contribution in [1.82, 2.24) is 10.6 Å². The summed E-state index contributed by atoms with van der Waals surface area (Å²) in [5, 5.41) is 7.51. The molecular weight excluding hydrogens is 322 g/mol. The van der Waals surface area contributed by atoms with Gasteiger partial charge >= 0.3 is 6.03 Å². The number of carbonyl (C=O) groups is 2. The first-order valence-corrected chi connectivity index (χ1v) is 8.85. The highest BCUT2D eigenvalue weighted by atomic mass is 32.1. The van der Waals surface area contributed by atoms with Crippen molar-refractivity contribution < 1.29 is 9.59 Å². The molecule has 3 amide bonds. The van der Waals surface area contributed by atoms with E-state index in [1.165, 1.54) is 16.9 Å². The highest BCUT2D eigenvalue weighted by molar-refractivity contribution is 7.10. The Morgan fingerprint density at radius 1 is 1.17 bits per heavy atom. The molecule has 0 fully saturated rings. The van der Waals surface area contributed by atoms with Crippen molar-refractivity contribution in [2.45, 2.75) is 38.8 Å². The molecule has 2 rings (SSSR count). The van der Waals surface area contributed by atoms with E-state index < -0.39 is 12.1 Å². The number of thiophene rings is 1. The Balaban J connectivity index is 1.97. The summed E-state index contributed by atoms with van der Waals surface area (Å²) in [7, 11) is 0. The minimum atomic E-state index is -0.635. The summed E-state index contributed by atoms with van der Waals surface area (Å²) in [5.41, 5.74) is 7.53. The van der Waals surface area contributed by atoms with Crippen LogP contribution in [0.25, 0.3) is 0 Å². The number of benzene rings is 1. The molecule has 2 atom stereocenters. The van der Waals surface area contributed by atoms with Crippen LogP contribution < -0.4 is 16.4 Å². The van der Waals surface area contributed by atoms with Gasteiger partial charge in [0, 0.05) is 4.88 Å². The Bertz CT molecular complexity index is 668. The molecule has 0 radical (unpaired) electrons. The number of nitrogens with one attached hydrogen (secondary N) is 2. The quantitative estimate of drug-likeness (QED) is 0.719. The van der Waals surface area contributed by atoms with Crippen LogP contribution in [0.3, 0.4) is 0 Å². The molecule has 5 nitrogen and oxygen atoms in total. The smallest absolute Gasteiger partial charge is 0.312 e. The van der Waals surface area contributed by atoms with Gasteiger partial charge in [-0.25, -0.2) is 4.79 Å². The van der Waals surface area contributed by atoms with Gasteiger partial charge in [-0.1, -0.05) is 37.3 Å². The van der Waals surface area contributed by atoms with E-state index in [0.29, 0.717) is 0 Å². The summed E-state index contributed by atoms with van der Waals surface area (Å²) in [4.78, 5) is 24.4. The molecule has 4 N–H and O–H groups in total. The van der Waals surface area contributed by atoms with Crippen LogP contribution >= 0.6 is 11.3 Å². The normalized spacial score (nSPS) is 13.1. The van der Waals surface area contributed by atoms with E-state index in [4.69, 9.17) is 5.73 Å². The SMILES string of the molecule is CCc1ccc([C@H](C)NC(=O)C[C@H](NC(N)=O)c2cccs2)cc1. The molecule has 0 unspecified atom stereocenters. The summed E-state index contributed by atoms with van der Waals surface area (Å²) in [6, 6.07) is 10.8. The number of rotatable bonds is 7. The van der Waals surface area contributed by atoms with Crippen LogP contribution in [-0.2, 0) is 11.2 Å². The van der Waals surface area contributed by atoms with Gasteiger partial charge in [-0.05, 0) is 35.9 Å². The van der Waals surface area contributed by atoms with Gasteiger partial charge < -0.3 is 16.4 Å². The van der Waals surface area contributed by atoms with E-state index in [-0.39, 0.29) is 18.4 Å². The molecule has 0 spiro atoms. The number of hydrogen-bond acceptors (Lipinski definition) is 3. The largest absolute Gasteiger partial charge is 0.352 e. The fourth-order valence-electron chi connectivity index (χ4n) is 2.50. The monoisotopic (exact) mass is 345 g/mol. The van der Waals surface area contributed by atoms with Crippen LogP contribution in [0, 0.1) is 0 Å². The van der Waals surface area contributed by atoms with Gasteiger partial charge in [-0.3, -0.25) is 4.79 Å². The average Bonchev–Trinajstić information content (AvgIpc) is 3.08. The second-order valence-corrected chi connectivity index (χ2v) is 6.64. The maximum Gasteiger partial charge on any atom is 0.312 e. The number of hydrogen-bond donors (Lipinski definition) is 3. The summed E-state index contributed by atoms with van der Waals surface area (Å²) < 4.78 is 0. The van der Waals surface area contributed by atoms with Crippen LogP contribution in [0.1, 0.15) is 48.4 Å². The Kier molecular flexibility index (Phi) is 6.37. The lowest BCUT2D eigenvalue weighted by atomic mass is 10.0. The van der Waals surface area contributed by atoms with Crippen molar-refractivity contribution in [2.75, 3.05) is 0 Å². The Hall–Kier alpha value is -2.34. The predicted octanol–water partition coefficient (Wildman–Crippen LogP) is 3.29. The molecule has 24 heavy (non-hydrogen) atoms. The molecule has 6 heteroatoms. The van der Waals surface area contributed by atoms with Crippen molar-refractivity contribution in [3.8, 4) is 0 Å². The minimum Gasteiger partial charge on any atom is -0.352 e. The first kappa shape index (κ1) is 18.0. The lowest BCUT2D eigenvalue weighted by Crippen LogP contribution is -2.36. The maximum absolute atomic E-state index is 12.3. The fraction of sp³-hybridized carbons (Fsp3) is 0.333.